The standard InChI is InChI=1S/C20H26O4/c1-12-10-16-14-7-5-4-6-13(14)8-9-15(16)17(11-18(21)23-2)19(12)20(22)24-3/h8-9,12,17,19H,4-7,10-11H2,1-3H3/t12-,17-,19-/m0/s1. The summed E-state index contributed by atoms with van der Waals surface area (Å²) in [5, 5.41) is 0. The summed E-state index contributed by atoms with van der Waals surface area (Å²) in [4.78, 5) is 24.3. The molecule has 24 heavy (non-hydrogen) atoms. The van der Waals surface area contributed by atoms with Gasteiger partial charge in [0.2, 0.25) is 0 Å². The molecule has 0 fully saturated rings. The molecule has 0 saturated heterocycles. The lowest BCUT2D eigenvalue weighted by molar-refractivity contribution is -0.150. The van der Waals surface area contributed by atoms with Crippen LogP contribution >= 0.6 is 0 Å². The maximum Gasteiger partial charge on any atom is 0.309 e. The third-order valence-corrected chi connectivity index (χ3v) is 5.75. The summed E-state index contributed by atoms with van der Waals surface area (Å²) in [5.41, 5.74) is 5.42. The third-order valence-electron chi connectivity index (χ3n) is 5.75. The van der Waals surface area contributed by atoms with Gasteiger partial charge in [-0.25, -0.2) is 0 Å². The Labute approximate surface area is 143 Å². The molecule has 0 amide bonds. The highest BCUT2D eigenvalue weighted by molar-refractivity contribution is 5.78. The number of ether oxygens (including phenoxy) is 2. The quantitative estimate of drug-likeness (QED) is 0.799. The number of aryl methyl sites for hydroxylation is 1. The number of methoxy groups -OCH3 is 2. The maximum atomic E-state index is 12.4. The Kier molecular flexibility index (Phi) is 4.93. The van der Waals surface area contributed by atoms with Crippen LogP contribution in [0.2, 0.25) is 0 Å². The lowest BCUT2D eigenvalue weighted by atomic mass is 9.66. The van der Waals surface area contributed by atoms with Gasteiger partial charge in [-0.05, 0) is 60.3 Å². The van der Waals surface area contributed by atoms with Crippen LogP contribution in [0.3, 0.4) is 0 Å². The number of carbonyl (C=O) groups is 2. The van der Waals surface area contributed by atoms with E-state index in [0.29, 0.717) is 0 Å². The van der Waals surface area contributed by atoms with Gasteiger partial charge in [-0.3, -0.25) is 9.59 Å². The Morgan fingerprint density at radius 3 is 2.54 bits per heavy atom. The molecule has 3 atom stereocenters. The number of benzene rings is 1. The summed E-state index contributed by atoms with van der Waals surface area (Å²) in [6, 6.07) is 4.33. The highest BCUT2D eigenvalue weighted by Gasteiger charge is 2.42. The van der Waals surface area contributed by atoms with Crippen LogP contribution in [-0.2, 0) is 38.3 Å². The van der Waals surface area contributed by atoms with Crippen LogP contribution in [0.25, 0.3) is 0 Å². The predicted octanol–water partition coefficient (Wildman–Crippen LogP) is 3.19. The number of hydrogen-bond donors (Lipinski definition) is 0. The molecule has 0 aromatic heterocycles. The van der Waals surface area contributed by atoms with Crippen molar-refractivity contribution < 1.29 is 19.1 Å². The molecule has 2 aliphatic carbocycles. The van der Waals surface area contributed by atoms with Gasteiger partial charge >= 0.3 is 11.9 Å². The minimum atomic E-state index is -0.289. The second-order valence-electron chi connectivity index (χ2n) is 7.10. The summed E-state index contributed by atoms with van der Waals surface area (Å²) >= 11 is 0. The van der Waals surface area contributed by atoms with E-state index in [4.69, 9.17) is 9.47 Å². The molecule has 1 aromatic carbocycles. The minimum absolute atomic E-state index is 0.157. The Hall–Kier alpha value is -1.84. The van der Waals surface area contributed by atoms with Crippen LogP contribution < -0.4 is 0 Å². The van der Waals surface area contributed by atoms with Gasteiger partial charge in [0.25, 0.3) is 0 Å². The first kappa shape index (κ1) is 17.0. The van der Waals surface area contributed by atoms with Gasteiger partial charge in [0.15, 0.2) is 0 Å². The Morgan fingerprint density at radius 2 is 1.83 bits per heavy atom. The lowest BCUT2D eigenvalue weighted by Gasteiger charge is -2.38. The van der Waals surface area contributed by atoms with Crippen LogP contribution in [0.15, 0.2) is 12.1 Å². The molecule has 0 spiro atoms. The largest absolute Gasteiger partial charge is 0.469 e. The summed E-state index contributed by atoms with van der Waals surface area (Å²) in [6.45, 7) is 2.09. The molecule has 0 heterocycles. The van der Waals surface area contributed by atoms with E-state index in [1.165, 1.54) is 43.8 Å². The summed E-state index contributed by atoms with van der Waals surface area (Å²) in [7, 11) is 2.82. The number of fused-ring (bicyclic) bond motifs is 3. The van der Waals surface area contributed by atoms with Crippen molar-refractivity contribution in [3.8, 4) is 0 Å². The summed E-state index contributed by atoms with van der Waals surface area (Å²) < 4.78 is 9.93. The molecule has 0 unspecified atom stereocenters. The molecule has 130 valence electrons. The lowest BCUT2D eigenvalue weighted by Crippen LogP contribution is -2.37. The molecule has 1 aromatic rings. The average molecular weight is 330 g/mol. The number of hydrogen-bond acceptors (Lipinski definition) is 4. The van der Waals surface area contributed by atoms with Gasteiger partial charge < -0.3 is 9.47 Å². The highest BCUT2D eigenvalue weighted by atomic mass is 16.5. The second-order valence-corrected chi connectivity index (χ2v) is 7.10. The topological polar surface area (TPSA) is 52.6 Å². The molecule has 0 bridgehead atoms. The van der Waals surface area contributed by atoms with Gasteiger partial charge in [-0.1, -0.05) is 19.1 Å². The molecular formula is C20H26O4. The van der Waals surface area contributed by atoms with Crippen molar-refractivity contribution >= 4 is 11.9 Å². The fourth-order valence-electron chi connectivity index (χ4n) is 4.58. The Balaban J connectivity index is 2.07. The average Bonchev–Trinajstić information content (AvgIpc) is 2.60. The van der Waals surface area contributed by atoms with E-state index >= 15 is 0 Å². The molecular weight excluding hydrogens is 304 g/mol. The predicted molar refractivity (Wildman–Crippen MR) is 90.8 cm³/mol. The first-order valence-electron chi connectivity index (χ1n) is 8.85. The molecule has 4 nitrogen and oxygen atoms in total. The van der Waals surface area contributed by atoms with E-state index in [-0.39, 0.29) is 36.1 Å². The van der Waals surface area contributed by atoms with Crippen molar-refractivity contribution in [1.29, 1.82) is 0 Å². The van der Waals surface area contributed by atoms with Gasteiger partial charge in [0.1, 0.15) is 0 Å². The van der Waals surface area contributed by atoms with Crippen molar-refractivity contribution in [3.05, 3.63) is 34.4 Å². The SMILES string of the molecule is COC(=O)C[C@H]1c2ccc3c(c2C[C@H](C)[C@@H]1C(=O)OC)CCCC3. The van der Waals surface area contributed by atoms with Crippen molar-refractivity contribution in [2.45, 2.75) is 51.4 Å². The first-order chi connectivity index (χ1) is 11.6. The van der Waals surface area contributed by atoms with Gasteiger partial charge in [-0.15, -0.1) is 0 Å². The van der Waals surface area contributed by atoms with Crippen LogP contribution in [0.4, 0.5) is 0 Å². The maximum absolute atomic E-state index is 12.4. The highest BCUT2D eigenvalue weighted by Crippen LogP contribution is 2.45. The molecule has 4 heteroatoms. The van der Waals surface area contributed by atoms with Crippen molar-refractivity contribution in [3.63, 3.8) is 0 Å². The monoisotopic (exact) mass is 330 g/mol. The molecule has 0 N–H and O–H groups in total. The number of esters is 2. The zero-order valence-electron chi connectivity index (χ0n) is 14.8. The van der Waals surface area contributed by atoms with Crippen LogP contribution in [0, 0.1) is 11.8 Å². The van der Waals surface area contributed by atoms with E-state index in [2.05, 4.69) is 19.1 Å². The fourth-order valence-corrected chi connectivity index (χ4v) is 4.58. The Bertz CT molecular complexity index is 649. The molecule has 0 radical (unpaired) electrons. The molecule has 2 aliphatic rings. The van der Waals surface area contributed by atoms with Crippen LogP contribution in [-0.4, -0.2) is 26.2 Å². The van der Waals surface area contributed by atoms with E-state index in [1.807, 2.05) is 0 Å². The fraction of sp³-hybridized carbons (Fsp3) is 0.600. The van der Waals surface area contributed by atoms with Crippen molar-refractivity contribution in [2.75, 3.05) is 14.2 Å². The molecule has 0 aliphatic heterocycles. The smallest absolute Gasteiger partial charge is 0.309 e. The zero-order chi connectivity index (χ0) is 17.3. The second kappa shape index (κ2) is 6.96. The summed E-state index contributed by atoms with van der Waals surface area (Å²) in [6.07, 6.45) is 5.83. The van der Waals surface area contributed by atoms with E-state index < -0.39 is 0 Å². The first-order valence-corrected chi connectivity index (χ1v) is 8.85. The van der Waals surface area contributed by atoms with Gasteiger partial charge in [0, 0.05) is 5.92 Å². The van der Waals surface area contributed by atoms with E-state index in [1.54, 1.807) is 0 Å². The zero-order valence-corrected chi connectivity index (χ0v) is 14.8. The van der Waals surface area contributed by atoms with Gasteiger partial charge in [-0.2, -0.15) is 0 Å². The molecule has 0 saturated carbocycles. The van der Waals surface area contributed by atoms with E-state index in [9.17, 15) is 9.59 Å². The number of carbonyl (C=O) groups excluding carboxylic acids is 2. The summed E-state index contributed by atoms with van der Waals surface area (Å²) in [5.74, 6) is -0.779. The van der Waals surface area contributed by atoms with E-state index in [0.717, 1.165) is 24.8 Å². The third kappa shape index (κ3) is 2.94. The van der Waals surface area contributed by atoms with Crippen LogP contribution in [0.5, 0.6) is 0 Å². The Morgan fingerprint density at radius 1 is 1.08 bits per heavy atom. The molecule has 3 rings (SSSR count). The van der Waals surface area contributed by atoms with Crippen molar-refractivity contribution in [2.24, 2.45) is 11.8 Å². The van der Waals surface area contributed by atoms with Crippen LogP contribution in [0.1, 0.15) is 54.4 Å². The van der Waals surface area contributed by atoms with Crippen molar-refractivity contribution in [1.82, 2.24) is 0 Å². The minimum Gasteiger partial charge on any atom is -0.469 e. The van der Waals surface area contributed by atoms with Gasteiger partial charge in [0.05, 0.1) is 26.6 Å². The normalized spacial score (nSPS) is 25.4. The number of rotatable bonds is 3.